The molecule has 0 aromatic rings. The number of esters is 1. The quantitative estimate of drug-likeness (QED) is 0.0404. The molecule has 0 spiro atoms. The normalized spacial score (nSPS) is 37.6. The second-order valence-electron chi connectivity index (χ2n) is 14.6. The number of hydrogen-bond donors (Lipinski definition) is 10. The van der Waals surface area contributed by atoms with Gasteiger partial charge in [0.25, 0.3) is 0 Å². The van der Waals surface area contributed by atoms with Gasteiger partial charge in [0, 0.05) is 6.42 Å². The van der Waals surface area contributed by atoms with Crippen molar-refractivity contribution in [2.75, 3.05) is 26.4 Å². The van der Waals surface area contributed by atoms with Gasteiger partial charge in [-0.1, -0.05) is 96.8 Å². The van der Waals surface area contributed by atoms with Gasteiger partial charge >= 0.3 is 5.97 Å². The smallest absolute Gasteiger partial charge is 0.306 e. The van der Waals surface area contributed by atoms with Gasteiger partial charge in [-0.05, 0) is 6.42 Å². The Balaban J connectivity index is 1.53. The summed E-state index contributed by atoms with van der Waals surface area (Å²) < 4.78 is 33.3. The summed E-state index contributed by atoms with van der Waals surface area (Å²) in [5.74, 6) is -3.16. The Labute approximate surface area is 311 Å². The topological polar surface area (TPSA) is 275 Å². The molecule has 0 radical (unpaired) electrons. The van der Waals surface area contributed by atoms with Crippen molar-refractivity contribution in [2.24, 2.45) is 0 Å². The van der Waals surface area contributed by atoms with E-state index in [0.717, 1.165) is 25.7 Å². The van der Waals surface area contributed by atoms with Crippen molar-refractivity contribution in [3.05, 3.63) is 0 Å². The van der Waals surface area contributed by atoms with Gasteiger partial charge in [-0.15, -0.1) is 0 Å². The molecule has 0 unspecified atom stereocenters. The molecule has 0 saturated carbocycles. The van der Waals surface area contributed by atoms with Crippen LogP contribution in [0.1, 0.15) is 110 Å². The zero-order valence-corrected chi connectivity index (χ0v) is 31.0. The van der Waals surface area contributed by atoms with E-state index in [-0.39, 0.29) is 6.42 Å². The van der Waals surface area contributed by atoms with Gasteiger partial charge in [-0.3, -0.25) is 4.79 Å². The van der Waals surface area contributed by atoms with Crippen molar-refractivity contribution in [3.63, 3.8) is 0 Å². The van der Waals surface area contributed by atoms with E-state index in [4.69, 9.17) is 28.4 Å². The van der Waals surface area contributed by atoms with Crippen LogP contribution in [0.2, 0.25) is 0 Å². The third-order valence-electron chi connectivity index (χ3n) is 10.4. The van der Waals surface area contributed by atoms with Gasteiger partial charge in [0.05, 0.1) is 19.8 Å². The van der Waals surface area contributed by atoms with Crippen LogP contribution in [0.5, 0.6) is 0 Å². The summed E-state index contributed by atoms with van der Waals surface area (Å²) >= 11 is 0. The minimum atomic E-state index is -2.42. The Hall–Kier alpha value is -1.13. The first-order chi connectivity index (χ1) is 25.4. The van der Waals surface area contributed by atoms with E-state index < -0.39 is 118 Å². The molecule has 17 nitrogen and oxygen atoms in total. The van der Waals surface area contributed by atoms with Crippen LogP contribution in [0.25, 0.3) is 0 Å². The maximum Gasteiger partial charge on any atom is 0.306 e. The molecule has 3 heterocycles. The zero-order chi connectivity index (χ0) is 39.0. The molecule has 53 heavy (non-hydrogen) atoms. The van der Waals surface area contributed by atoms with Gasteiger partial charge < -0.3 is 79.5 Å². The highest BCUT2D eigenvalue weighted by Gasteiger charge is 2.59. The summed E-state index contributed by atoms with van der Waals surface area (Å²) in [7, 11) is 0. The third-order valence-corrected chi connectivity index (χ3v) is 10.4. The fraction of sp³-hybridized carbons (Fsp3) is 0.972. The first-order valence-electron chi connectivity index (χ1n) is 19.5. The van der Waals surface area contributed by atoms with Crippen molar-refractivity contribution < 1.29 is 84.3 Å². The molecule has 3 aliphatic rings. The van der Waals surface area contributed by atoms with Crippen LogP contribution in [0.15, 0.2) is 0 Å². The molecule has 0 amide bonds. The van der Waals surface area contributed by atoms with Crippen molar-refractivity contribution in [1.29, 1.82) is 0 Å². The largest absolute Gasteiger partial charge is 0.454 e. The summed E-state index contributed by atoms with van der Waals surface area (Å²) in [6.07, 6.45) is -4.74. The van der Waals surface area contributed by atoms with E-state index in [0.29, 0.717) is 6.42 Å². The number of ether oxygens (including phenoxy) is 6. The molecule has 0 aromatic carbocycles. The molecule has 312 valence electrons. The van der Waals surface area contributed by atoms with Crippen LogP contribution in [0, 0.1) is 0 Å². The Morgan fingerprint density at radius 3 is 1.60 bits per heavy atom. The summed E-state index contributed by atoms with van der Waals surface area (Å²) in [6, 6.07) is 0. The van der Waals surface area contributed by atoms with Crippen molar-refractivity contribution >= 4 is 5.97 Å². The van der Waals surface area contributed by atoms with Gasteiger partial charge in [0.2, 0.25) is 12.1 Å². The molecule has 3 fully saturated rings. The molecular weight excluding hydrogens is 704 g/mol. The second-order valence-corrected chi connectivity index (χ2v) is 14.6. The number of carbonyl (C=O) groups excluding carboxylic acids is 1. The predicted octanol–water partition coefficient (Wildman–Crippen LogP) is -0.759. The van der Waals surface area contributed by atoms with E-state index in [9.17, 15) is 55.9 Å². The molecule has 3 aliphatic heterocycles. The number of carbonyl (C=O) groups is 1. The van der Waals surface area contributed by atoms with Gasteiger partial charge in [-0.2, -0.15) is 0 Å². The van der Waals surface area contributed by atoms with Crippen LogP contribution in [0.3, 0.4) is 0 Å². The molecule has 3 saturated heterocycles. The highest BCUT2D eigenvalue weighted by molar-refractivity contribution is 5.69. The highest BCUT2D eigenvalue weighted by atomic mass is 16.8. The molecule has 10 N–H and O–H groups in total. The zero-order valence-electron chi connectivity index (χ0n) is 31.0. The number of hydrogen-bond acceptors (Lipinski definition) is 17. The van der Waals surface area contributed by atoms with E-state index >= 15 is 0 Å². The summed E-state index contributed by atoms with van der Waals surface area (Å²) in [4.78, 5) is 12.9. The van der Waals surface area contributed by atoms with Crippen LogP contribution < -0.4 is 0 Å². The number of aliphatic hydroxyl groups is 10. The van der Waals surface area contributed by atoms with Crippen molar-refractivity contribution in [3.8, 4) is 0 Å². The SMILES string of the molecule is CCCCCCCCCCCCCCCCCC(=O)O[C@H]1[C@@H](O[C@]2(CO)O[C@H](CO)[C@@H](O)[C@@H]2O)O[C@H](CO[C@H]2O[C@H](CO)[C@H](O)[C@H](O)[C@H]2O)[C@@H](O)[C@@H]1O. The lowest BCUT2D eigenvalue weighted by atomic mass is 9.98. The van der Waals surface area contributed by atoms with Gasteiger partial charge in [0.1, 0.15) is 67.6 Å². The van der Waals surface area contributed by atoms with E-state index in [1.807, 2.05) is 0 Å². The summed E-state index contributed by atoms with van der Waals surface area (Å²) in [5, 5.41) is 103. The average Bonchev–Trinajstić information content (AvgIpc) is 3.40. The minimum absolute atomic E-state index is 0.0243. The monoisotopic (exact) mass is 770 g/mol. The Kier molecular flexibility index (Phi) is 20.8. The highest BCUT2D eigenvalue weighted by Crippen LogP contribution is 2.37. The van der Waals surface area contributed by atoms with Crippen LogP contribution in [0.4, 0.5) is 0 Å². The number of rotatable bonds is 25. The molecule has 0 aliphatic carbocycles. The Morgan fingerprint density at radius 1 is 0.585 bits per heavy atom. The molecule has 0 aromatic heterocycles. The lowest BCUT2D eigenvalue weighted by molar-refractivity contribution is -0.388. The van der Waals surface area contributed by atoms with Crippen LogP contribution in [-0.4, -0.2) is 169 Å². The predicted molar refractivity (Wildman–Crippen MR) is 185 cm³/mol. The Bertz CT molecular complexity index is 1010. The fourth-order valence-electron chi connectivity index (χ4n) is 6.98. The molecule has 3 rings (SSSR count). The minimum Gasteiger partial charge on any atom is -0.454 e. The first-order valence-corrected chi connectivity index (χ1v) is 19.5. The summed E-state index contributed by atoms with van der Waals surface area (Å²) in [6.45, 7) is -0.990. The Morgan fingerprint density at radius 2 is 1.09 bits per heavy atom. The number of aliphatic hydroxyl groups excluding tert-OH is 10. The fourth-order valence-corrected chi connectivity index (χ4v) is 6.98. The average molecular weight is 771 g/mol. The van der Waals surface area contributed by atoms with Crippen LogP contribution in [-0.2, 0) is 33.2 Å². The van der Waals surface area contributed by atoms with Gasteiger partial charge in [0.15, 0.2) is 12.4 Å². The van der Waals surface area contributed by atoms with Gasteiger partial charge in [-0.25, -0.2) is 0 Å². The number of unbranched alkanes of at least 4 members (excludes halogenated alkanes) is 14. The molecule has 0 bridgehead atoms. The van der Waals surface area contributed by atoms with E-state index in [2.05, 4.69) is 6.92 Å². The van der Waals surface area contributed by atoms with Crippen LogP contribution >= 0.6 is 0 Å². The maximum absolute atomic E-state index is 12.9. The standard InChI is InChI=1S/C36H66O17/c1-2-3-4-5-6-7-8-9-10-11-12-13-14-15-16-17-25(40)51-32-30(45)27(42)24(20-48-34-31(46)29(44)26(41)22(18-37)49-34)50-35(32)53-36(21-39)33(47)28(43)23(19-38)52-36/h22-24,26-35,37-39,41-47H,2-21H2,1H3/t22-,23-,24-,26+,27-,28-,29+,30+,31-,32-,33+,34+,35-,36+/m1/s1. The second kappa shape index (κ2) is 23.8. The third kappa shape index (κ3) is 13.2. The lowest BCUT2D eigenvalue weighted by Gasteiger charge is -2.45. The maximum atomic E-state index is 12.9. The molecule has 17 heteroatoms. The van der Waals surface area contributed by atoms with Crippen molar-refractivity contribution in [2.45, 2.75) is 195 Å². The first kappa shape index (κ1) is 46.3. The van der Waals surface area contributed by atoms with Crippen molar-refractivity contribution in [1.82, 2.24) is 0 Å². The summed E-state index contributed by atoms with van der Waals surface area (Å²) in [5.41, 5.74) is 0. The molecular formula is C36H66O17. The van der Waals surface area contributed by atoms with E-state index in [1.165, 1.54) is 64.2 Å². The van der Waals surface area contributed by atoms with E-state index in [1.54, 1.807) is 0 Å². The molecule has 14 atom stereocenters. The lowest BCUT2D eigenvalue weighted by Crippen LogP contribution is -2.64.